The molecule has 0 N–H and O–H groups in total. The molecule has 2 atom stereocenters. The first-order chi connectivity index (χ1) is 18.7. The molecule has 4 aromatic rings. The molecule has 0 aliphatic carbocycles. The highest BCUT2D eigenvalue weighted by atomic mass is 32.2. The first-order valence-corrected chi connectivity index (χ1v) is 15.4. The highest BCUT2D eigenvalue weighted by Crippen LogP contribution is 2.46. The molecule has 0 amide bonds. The van der Waals surface area contributed by atoms with E-state index in [0.717, 1.165) is 29.7 Å². The van der Waals surface area contributed by atoms with Crippen LogP contribution in [0.25, 0.3) is 22.5 Å². The van der Waals surface area contributed by atoms with Gasteiger partial charge in [0.2, 0.25) is 10.0 Å². The summed E-state index contributed by atoms with van der Waals surface area (Å²) in [5.41, 5.74) is 7.02. The summed E-state index contributed by atoms with van der Waals surface area (Å²) in [6.07, 6.45) is 11.5. The second kappa shape index (κ2) is 10.0. The Hall–Kier alpha value is -3.30. The summed E-state index contributed by atoms with van der Waals surface area (Å²) in [4.78, 5) is 8.47. The third-order valence-corrected chi connectivity index (χ3v) is 9.59. The normalized spacial score (nSPS) is 20.2. The molecule has 1 fully saturated rings. The fraction of sp³-hybridized carbons (Fsp3) is 0.400. The third kappa shape index (κ3) is 4.72. The van der Waals surface area contributed by atoms with Gasteiger partial charge in [0.05, 0.1) is 54.8 Å². The van der Waals surface area contributed by atoms with Crippen molar-refractivity contribution in [1.29, 1.82) is 0 Å². The molecule has 204 valence electrons. The number of nitrogens with zero attached hydrogens (tertiary/aromatic N) is 5. The van der Waals surface area contributed by atoms with Crippen LogP contribution in [0.2, 0.25) is 0 Å². The molecule has 7 nitrogen and oxygen atoms in total. The van der Waals surface area contributed by atoms with E-state index in [4.69, 9.17) is 0 Å². The van der Waals surface area contributed by atoms with Crippen LogP contribution in [0.1, 0.15) is 56.3 Å². The van der Waals surface area contributed by atoms with Gasteiger partial charge in [-0.05, 0) is 54.4 Å². The van der Waals surface area contributed by atoms with Crippen LogP contribution >= 0.6 is 0 Å². The predicted molar refractivity (Wildman–Crippen MR) is 150 cm³/mol. The molecule has 9 heteroatoms. The molecule has 3 aliphatic rings. The number of halogens is 1. The first kappa shape index (κ1) is 26.0. The number of sulfonamides is 1. The van der Waals surface area contributed by atoms with Gasteiger partial charge in [0.25, 0.3) is 0 Å². The van der Waals surface area contributed by atoms with Gasteiger partial charge in [0.1, 0.15) is 5.82 Å². The zero-order chi connectivity index (χ0) is 27.3. The van der Waals surface area contributed by atoms with Gasteiger partial charge in [-0.2, -0.15) is 0 Å². The van der Waals surface area contributed by atoms with Crippen LogP contribution in [0.15, 0.2) is 67.5 Å². The number of hydrogen-bond acceptors (Lipinski definition) is 4. The van der Waals surface area contributed by atoms with Crippen molar-refractivity contribution in [1.82, 2.24) is 23.4 Å². The van der Waals surface area contributed by atoms with Crippen LogP contribution < -0.4 is 0 Å². The predicted octanol–water partition coefficient (Wildman–Crippen LogP) is 5.76. The van der Waals surface area contributed by atoms with E-state index >= 15 is 0 Å². The van der Waals surface area contributed by atoms with Crippen molar-refractivity contribution < 1.29 is 12.8 Å². The van der Waals surface area contributed by atoms with E-state index in [1.165, 1.54) is 35.6 Å². The number of piperidine rings is 1. The summed E-state index contributed by atoms with van der Waals surface area (Å²) in [5, 5.41) is 0. The maximum absolute atomic E-state index is 13.6. The maximum atomic E-state index is 13.6. The van der Waals surface area contributed by atoms with E-state index in [0.29, 0.717) is 31.0 Å². The molecule has 0 radical (unpaired) electrons. The molecular formula is C30H34FN5O2S. The van der Waals surface area contributed by atoms with Crippen LogP contribution in [0.3, 0.4) is 0 Å². The zero-order valence-corrected chi connectivity index (χ0v) is 23.4. The average molecular weight is 548 g/mol. The molecular weight excluding hydrogens is 513 g/mol. The molecule has 0 spiro atoms. The van der Waals surface area contributed by atoms with Crippen molar-refractivity contribution in [3.05, 3.63) is 84.5 Å². The van der Waals surface area contributed by atoms with Crippen LogP contribution in [-0.4, -0.2) is 51.2 Å². The molecule has 39 heavy (non-hydrogen) atoms. The Morgan fingerprint density at radius 3 is 2.28 bits per heavy atom. The van der Waals surface area contributed by atoms with Crippen molar-refractivity contribution in [3.63, 3.8) is 0 Å². The minimum absolute atomic E-state index is 0.116. The smallest absolute Gasteiger partial charge is 0.211 e. The Bertz CT molecular complexity index is 1600. The Morgan fingerprint density at radius 2 is 1.59 bits per heavy atom. The Kier molecular flexibility index (Phi) is 6.67. The fourth-order valence-electron chi connectivity index (χ4n) is 6.52. The number of imidazole rings is 2. The van der Waals surface area contributed by atoms with Gasteiger partial charge in [-0.1, -0.05) is 44.2 Å². The molecule has 0 bridgehead atoms. The van der Waals surface area contributed by atoms with E-state index in [2.05, 4.69) is 57.2 Å². The van der Waals surface area contributed by atoms with Crippen LogP contribution in [0, 0.1) is 17.7 Å². The highest BCUT2D eigenvalue weighted by Gasteiger charge is 2.37. The average Bonchev–Trinajstić information content (AvgIpc) is 3.67. The standard InChI is InChI=1S/C16H18FN3O2S.C14H16N2/c1-23(21,22)19-6-4-11(5-7-19)16-13-3-2-12(17)8-14(13)15-9-18-10-20(15)16;1-10(2)7-13-11-5-3-4-6-12(11)14-8-15-9-16(13)14/h2-3,8-11,16H,4-7H2,1H3;3-6,8-10,13H,7H2,1-2H3. The van der Waals surface area contributed by atoms with Crippen molar-refractivity contribution in [2.75, 3.05) is 19.3 Å². The van der Waals surface area contributed by atoms with Crippen LogP contribution in [0.4, 0.5) is 4.39 Å². The van der Waals surface area contributed by atoms with Gasteiger partial charge in [-0.25, -0.2) is 27.1 Å². The molecule has 5 heterocycles. The molecule has 2 unspecified atom stereocenters. The van der Waals surface area contributed by atoms with Gasteiger partial charge in [0.15, 0.2) is 0 Å². The summed E-state index contributed by atoms with van der Waals surface area (Å²) < 4.78 is 42.9. The summed E-state index contributed by atoms with van der Waals surface area (Å²) in [6.45, 7) is 5.64. The van der Waals surface area contributed by atoms with Gasteiger partial charge in [0, 0.05) is 24.2 Å². The van der Waals surface area contributed by atoms with Crippen molar-refractivity contribution in [2.24, 2.45) is 11.8 Å². The first-order valence-electron chi connectivity index (χ1n) is 13.6. The Labute approximate surface area is 229 Å². The van der Waals surface area contributed by atoms with Crippen molar-refractivity contribution in [2.45, 2.75) is 45.2 Å². The second-order valence-electron chi connectivity index (χ2n) is 11.3. The van der Waals surface area contributed by atoms with Gasteiger partial charge >= 0.3 is 0 Å². The van der Waals surface area contributed by atoms with Gasteiger partial charge in [-0.3, -0.25) is 0 Å². The van der Waals surface area contributed by atoms with E-state index in [1.807, 2.05) is 18.6 Å². The van der Waals surface area contributed by atoms with Gasteiger partial charge < -0.3 is 9.13 Å². The monoisotopic (exact) mass is 547 g/mol. The third-order valence-electron chi connectivity index (χ3n) is 8.28. The van der Waals surface area contributed by atoms with Crippen molar-refractivity contribution >= 4 is 10.0 Å². The highest BCUT2D eigenvalue weighted by molar-refractivity contribution is 7.88. The van der Waals surface area contributed by atoms with E-state index in [9.17, 15) is 12.8 Å². The summed E-state index contributed by atoms with van der Waals surface area (Å²) in [6, 6.07) is 14.2. The largest absolute Gasteiger partial charge is 0.323 e. The summed E-state index contributed by atoms with van der Waals surface area (Å²) >= 11 is 0. The van der Waals surface area contributed by atoms with E-state index in [1.54, 1.807) is 22.9 Å². The molecule has 3 aliphatic heterocycles. The molecule has 2 aromatic carbocycles. The SMILES string of the molecule is CC(C)CC1c2ccccc2-c2cncn21.CS(=O)(=O)N1CCC(C2c3ccc(F)cc3-c3cncn32)CC1. The lowest BCUT2D eigenvalue weighted by atomic mass is 9.86. The summed E-state index contributed by atoms with van der Waals surface area (Å²) in [7, 11) is -3.12. The quantitative estimate of drug-likeness (QED) is 0.326. The number of benzene rings is 2. The van der Waals surface area contributed by atoms with Gasteiger partial charge in [-0.15, -0.1) is 0 Å². The lowest BCUT2D eigenvalue weighted by Gasteiger charge is -2.34. The Morgan fingerprint density at radius 1 is 0.923 bits per heavy atom. The zero-order valence-electron chi connectivity index (χ0n) is 22.5. The topological polar surface area (TPSA) is 73.0 Å². The van der Waals surface area contributed by atoms with Crippen molar-refractivity contribution in [3.8, 4) is 22.5 Å². The van der Waals surface area contributed by atoms with E-state index < -0.39 is 10.0 Å². The number of hydrogen-bond donors (Lipinski definition) is 0. The lowest BCUT2D eigenvalue weighted by Crippen LogP contribution is -2.39. The molecule has 0 saturated carbocycles. The fourth-order valence-corrected chi connectivity index (χ4v) is 7.39. The maximum Gasteiger partial charge on any atom is 0.211 e. The number of fused-ring (bicyclic) bond motifs is 6. The van der Waals surface area contributed by atoms with Crippen LogP contribution in [0.5, 0.6) is 0 Å². The second-order valence-corrected chi connectivity index (χ2v) is 13.3. The van der Waals surface area contributed by atoms with E-state index in [-0.39, 0.29) is 11.9 Å². The minimum atomic E-state index is -3.12. The number of rotatable bonds is 4. The lowest BCUT2D eigenvalue weighted by molar-refractivity contribution is 0.233. The van der Waals surface area contributed by atoms with Crippen LogP contribution in [-0.2, 0) is 10.0 Å². The molecule has 2 aromatic heterocycles. The molecule has 1 saturated heterocycles. The molecule has 7 rings (SSSR count). The minimum Gasteiger partial charge on any atom is -0.323 e. The Balaban J connectivity index is 0.000000151. The summed E-state index contributed by atoms with van der Waals surface area (Å²) in [5.74, 6) is 0.781. The number of aromatic nitrogens is 4.